The van der Waals surface area contributed by atoms with E-state index in [0.29, 0.717) is 13.0 Å². The third kappa shape index (κ3) is 3.66. The van der Waals surface area contributed by atoms with E-state index < -0.39 is 11.9 Å². The first-order valence-corrected chi connectivity index (χ1v) is 5.97. The molecule has 2 rings (SSSR count). The number of alkyl halides is 3. The summed E-state index contributed by atoms with van der Waals surface area (Å²) in [6, 6.07) is 4.59. The lowest BCUT2D eigenvalue weighted by molar-refractivity contribution is -0.141. The van der Waals surface area contributed by atoms with Gasteiger partial charge in [0, 0.05) is 32.2 Å². The van der Waals surface area contributed by atoms with E-state index in [1.54, 1.807) is 24.3 Å². The van der Waals surface area contributed by atoms with Crippen LogP contribution in [0.15, 0.2) is 36.8 Å². The van der Waals surface area contributed by atoms with Gasteiger partial charge in [0.15, 0.2) is 0 Å². The zero-order valence-corrected chi connectivity index (χ0v) is 10.8. The maximum Gasteiger partial charge on any atom is 0.433 e. The highest BCUT2D eigenvalue weighted by Crippen LogP contribution is 2.27. The summed E-state index contributed by atoms with van der Waals surface area (Å²) >= 11 is 0. The highest BCUT2D eigenvalue weighted by Gasteiger charge is 2.33. The molecule has 0 N–H and O–H groups in total. The highest BCUT2D eigenvalue weighted by atomic mass is 19.4. The molecule has 4 nitrogen and oxygen atoms in total. The van der Waals surface area contributed by atoms with Gasteiger partial charge in [-0.1, -0.05) is 0 Å². The molecule has 0 atom stereocenters. The minimum Gasteiger partial charge on any atom is -0.344 e. The molecule has 0 aliphatic heterocycles. The third-order valence-corrected chi connectivity index (χ3v) is 2.76. The normalized spacial score (nSPS) is 11.4. The zero-order valence-electron chi connectivity index (χ0n) is 10.8. The summed E-state index contributed by atoms with van der Waals surface area (Å²) in [4.78, 5) is 12.9. The number of likely N-dealkylation sites (N-methyl/N-ethyl adjacent to an activating group) is 1. The molecule has 0 spiro atoms. The topological polar surface area (TPSA) is 41.9 Å². The van der Waals surface area contributed by atoms with E-state index in [0.717, 1.165) is 17.8 Å². The number of nitrogens with zero attached hydrogens (tertiary/aromatic N) is 4. The number of rotatable bonds is 4. The van der Waals surface area contributed by atoms with Gasteiger partial charge >= 0.3 is 6.18 Å². The van der Waals surface area contributed by atoms with E-state index in [1.807, 2.05) is 12.1 Å². The number of anilines is 1. The van der Waals surface area contributed by atoms with E-state index in [9.17, 15) is 13.2 Å². The van der Waals surface area contributed by atoms with Crippen LogP contribution in [0.25, 0.3) is 0 Å². The maximum atomic E-state index is 12.6. The minimum absolute atomic E-state index is 0.0638. The van der Waals surface area contributed by atoms with Crippen LogP contribution in [0.4, 0.5) is 19.1 Å². The fraction of sp³-hybridized carbons (Fsp3) is 0.308. The van der Waals surface area contributed by atoms with E-state index in [2.05, 4.69) is 15.0 Å². The van der Waals surface area contributed by atoms with Gasteiger partial charge in [-0.15, -0.1) is 0 Å². The predicted molar refractivity (Wildman–Crippen MR) is 68.2 cm³/mol. The van der Waals surface area contributed by atoms with Crippen LogP contribution < -0.4 is 4.90 Å². The third-order valence-electron chi connectivity index (χ3n) is 2.76. The molecule has 0 fully saturated rings. The summed E-state index contributed by atoms with van der Waals surface area (Å²) in [6.07, 6.45) is 0.697. The summed E-state index contributed by atoms with van der Waals surface area (Å²) < 4.78 is 37.7. The largest absolute Gasteiger partial charge is 0.433 e. The molecular weight excluding hydrogens is 269 g/mol. The van der Waals surface area contributed by atoms with Crippen molar-refractivity contribution >= 4 is 5.95 Å². The van der Waals surface area contributed by atoms with Crippen molar-refractivity contribution in [3.63, 3.8) is 0 Å². The Bertz CT molecular complexity index is 557. The summed E-state index contributed by atoms with van der Waals surface area (Å²) in [6.45, 7) is 0.519. The monoisotopic (exact) mass is 282 g/mol. The lowest BCUT2D eigenvalue weighted by atomic mass is 10.2. The number of hydrogen-bond donors (Lipinski definition) is 0. The van der Waals surface area contributed by atoms with Crippen LogP contribution in [-0.2, 0) is 12.6 Å². The Morgan fingerprint density at radius 1 is 1.10 bits per heavy atom. The van der Waals surface area contributed by atoms with Gasteiger partial charge in [-0.2, -0.15) is 13.2 Å². The van der Waals surface area contributed by atoms with Crippen LogP contribution in [0.2, 0.25) is 0 Å². The molecular formula is C13H13F3N4. The van der Waals surface area contributed by atoms with E-state index in [1.165, 1.54) is 0 Å². The number of pyridine rings is 1. The molecule has 7 heteroatoms. The number of aromatic nitrogens is 3. The van der Waals surface area contributed by atoms with Crippen LogP contribution in [0.3, 0.4) is 0 Å². The second-order valence-corrected chi connectivity index (χ2v) is 4.27. The smallest absolute Gasteiger partial charge is 0.344 e. The Hall–Kier alpha value is -2.18. The van der Waals surface area contributed by atoms with E-state index in [-0.39, 0.29) is 5.95 Å². The zero-order chi connectivity index (χ0) is 14.6. The van der Waals surface area contributed by atoms with Crippen molar-refractivity contribution in [3.05, 3.63) is 48.0 Å². The average Bonchev–Trinajstić information content (AvgIpc) is 2.45. The Kier molecular flexibility index (Phi) is 4.16. The summed E-state index contributed by atoms with van der Waals surface area (Å²) in [5.41, 5.74) is 0.122. The summed E-state index contributed by atoms with van der Waals surface area (Å²) in [5.74, 6) is 0.0638. The van der Waals surface area contributed by atoms with Crippen LogP contribution in [-0.4, -0.2) is 28.5 Å². The predicted octanol–water partition coefficient (Wildman–Crippen LogP) is 2.57. The SMILES string of the molecule is CN(CCc1ccncc1)c1nccc(C(F)(F)F)n1. The second kappa shape index (κ2) is 5.85. The van der Waals surface area contributed by atoms with Gasteiger partial charge in [0.1, 0.15) is 5.69 Å². The Morgan fingerprint density at radius 3 is 2.45 bits per heavy atom. The van der Waals surface area contributed by atoms with Gasteiger partial charge in [-0.05, 0) is 30.2 Å². The molecule has 2 aromatic rings. The molecule has 0 aliphatic carbocycles. The molecule has 2 aromatic heterocycles. The molecule has 2 heterocycles. The lowest BCUT2D eigenvalue weighted by Crippen LogP contribution is -2.23. The lowest BCUT2D eigenvalue weighted by Gasteiger charge is -2.17. The molecule has 0 unspecified atom stereocenters. The first-order valence-electron chi connectivity index (χ1n) is 5.97. The second-order valence-electron chi connectivity index (χ2n) is 4.27. The van der Waals surface area contributed by atoms with Crippen molar-refractivity contribution < 1.29 is 13.2 Å². The maximum absolute atomic E-state index is 12.6. The number of halogens is 3. The molecule has 0 bridgehead atoms. The van der Waals surface area contributed by atoms with Gasteiger partial charge in [0.05, 0.1) is 0 Å². The summed E-state index contributed by atoms with van der Waals surface area (Å²) in [5, 5.41) is 0. The molecule has 0 saturated heterocycles. The van der Waals surface area contributed by atoms with Crippen LogP contribution in [0, 0.1) is 0 Å². The molecule has 0 aliphatic rings. The van der Waals surface area contributed by atoms with Gasteiger partial charge in [-0.25, -0.2) is 9.97 Å². The standard InChI is InChI=1S/C13H13F3N4/c1-20(9-5-10-2-6-17-7-3-10)12-18-8-4-11(19-12)13(14,15)16/h2-4,6-8H,5,9H2,1H3. The molecule has 20 heavy (non-hydrogen) atoms. The Morgan fingerprint density at radius 2 is 1.80 bits per heavy atom. The average molecular weight is 282 g/mol. The first kappa shape index (κ1) is 14.2. The quantitative estimate of drug-likeness (QED) is 0.864. The highest BCUT2D eigenvalue weighted by molar-refractivity contribution is 5.30. The summed E-state index contributed by atoms with van der Waals surface area (Å²) in [7, 11) is 1.66. The van der Waals surface area contributed by atoms with Crippen LogP contribution in [0.5, 0.6) is 0 Å². The van der Waals surface area contributed by atoms with Gasteiger partial charge < -0.3 is 4.90 Å². The molecule has 0 radical (unpaired) electrons. The first-order chi connectivity index (χ1) is 9.47. The molecule has 0 amide bonds. The van der Waals surface area contributed by atoms with Crippen molar-refractivity contribution in [2.24, 2.45) is 0 Å². The Balaban J connectivity index is 2.04. The van der Waals surface area contributed by atoms with Crippen LogP contribution >= 0.6 is 0 Å². The van der Waals surface area contributed by atoms with Crippen molar-refractivity contribution in [1.82, 2.24) is 15.0 Å². The van der Waals surface area contributed by atoms with Gasteiger partial charge in [0.25, 0.3) is 0 Å². The molecule has 106 valence electrons. The van der Waals surface area contributed by atoms with Crippen molar-refractivity contribution in [3.8, 4) is 0 Å². The minimum atomic E-state index is -4.45. The molecule has 0 saturated carbocycles. The van der Waals surface area contributed by atoms with Crippen molar-refractivity contribution in [2.75, 3.05) is 18.5 Å². The van der Waals surface area contributed by atoms with Crippen LogP contribution in [0.1, 0.15) is 11.3 Å². The number of hydrogen-bond acceptors (Lipinski definition) is 4. The molecule has 0 aromatic carbocycles. The fourth-order valence-electron chi connectivity index (χ4n) is 1.64. The van der Waals surface area contributed by atoms with Gasteiger partial charge in [0.2, 0.25) is 5.95 Å². The van der Waals surface area contributed by atoms with Gasteiger partial charge in [-0.3, -0.25) is 4.98 Å². The van der Waals surface area contributed by atoms with E-state index in [4.69, 9.17) is 0 Å². The van der Waals surface area contributed by atoms with Crippen molar-refractivity contribution in [1.29, 1.82) is 0 Å². The Labute approximate surface area is 114 Å². The fourth-order valence-corrected chi connectivity index (χ4v) is 1.64. The van der Waals surface area contributed by atoms with E-state index >= 15 is 0 Å². The van der Waals surface area contributed by atoms with Crippen molar-refractivity contribution in [2.45, 2.75) is 12.6 Å².